The van der Waals surface area contributed by atoms with E-state index in [-0.39, 0.29) is 35.2 Å². The van der Waals surface area contributed by atoms with Crippen LogP contribution in [0, 0.1) is 5.82 Å². The van der Waals surface area contributed by atoms with E-state index in [2.05, 4.69) is 15.4 Å². The van der Waals surface area contributed by atoms with Crippen molar-refractivity contribution in [2.75, 3.05) is 5.32 Å². The van der Waals surface area contributed by atoms with Gasteiger partial charge >= 0.3 is 0 Å². The summed E-state index contributed by atoms with van der Waals surface area (Å²) in [6, 6.07) is -0.583. The van der Waals surface area contributed by atoms with Gasteiger partial charge < -0.3 is 10.4 Å². The lowest BCUT2D eigenvalue weighted by atomic mass is 9.90. The molecule has 1 saturated carbocycles. The summed E-state index contributed by atoms with van der Waals surface area (Å²) in [5, 5.41) is 17.0. The molecule has 2 N–H and O–H groups in total. The molecule has 0 bridgehead atoms. The van der Waals surface area contributed by atoms with Crippen molar-refractivity contribution in [3.05, 3.63) is 22.7 Å². The van der Waals surface area contributed by atoms with Gasteiger partial charge in [-0.25, -0.2) is 22.7 Å². The quantitative estimate of drug-likeness (QED) is 0.875. The second-order valence-electron chi connectivity index (χ2n) is 6.46. The lowest BCUT2D eigenvalue weighted by Gasteiger charge is -2.33. The molecule has 3 rings (SSSR count). The van der Waals surface area contributed by atoms with E-state index >= 15 is 0 Å². The fourth-order valence-corrected chi connectivity index (χ4v) is 3.41. The molecule has 2 aromatic rings. The topological polar surface area (TPSA) is 62.5 Å². The minimum Gasteiger partial charge on any atom is -0.391 e. The maximum absolute atomic E-state index is 14.1. The molecule has 5 nitrogen and oxygen atoms in total. The Morgan fingerprint density at radius 3 is 2.79 bits per heavy atom. The zero-order chi connectivity index (χ0) is 17.6. The number of anilines is 1. The molecule has 0 spiro atoms. The molecular weight excluding hydrogens is 345 g/mol. The maximum atomic E-state index is 14.1. The van der Waals surface area contributed by atoms with Crippen molar-refractivity contribution >= 4 is 23.1 Å². The zero-order valence-electron chi connectivity index (χ0n) is 13.2. The average Bonchev–Trinajstić information content (AvgIpc) is 2.73. The summed E-state index contributed by atoms with van der Waals surface area (Å²) in [5.74, 6) is -3.39. The standard InChI is InChI=1S/C15H18ClF3N4O/c1-7(2)13-11(16)12(17)9-6-20-14(22-23(9)13)21-8-3-4-15(18,19)5-10(8)24/h6-8,10,24H,3-5H2,1-2H3,(H,21,22)/t8-,10-/m1/s1. The molecule has 132 valence electrons. The van der Waals surface area contributed by atoms with Crippen molar-refractivity contribution < 1.29 is 18.3 Å². The van der Waals surface area contributed by atoms with Gasteiger partial charge in [0.1, 0.15) is 10.5 Å². The van der Waals surface area contributed by atoms with Crippen LogP contribution in [0.15, 0.2) is 6.20 Å². The Morgan fingerprint density at radius 1 is 1.46 bits per heavy atom. The summed E-state index contributed by atoms with van der Waals surface area (Å²) in [5.41, 5.74) is 0.648. The van der Waals surface area contributed by atoms with Crippen molar-refractivity contribution in [1.82, 2.24) is 14.6 Å². The van der Waals surface area contributed by atoms with E-state index in [4.69, 9.17) is 11.6 Å². The fourth-order valence-electron chi connectivity index (χ4n) is 3.01. The van der Waals surface area contributed by atoms with Gasteiger partial charge in [0.2, 0.25) is 5.95 Å². The number of hydrogen-bond donors (Lipinski definition) is 2. The SMILES string of the molecule is CC(C)c1c(Cl)c(F)c2cnc(N[C@@H]3CCC(F)(F)C[C@H]3O)nn12. The van der Waals surface area contributed by atoms with Crippen LogP contribution in [-0.4, -0.2) is 37.8 Å². The lowest BCUT2D eigenvalue weighted by molar-refractivity contribution is -0.0800. The number of aliphatic hydroxyl groups excluding tert-OH is 1. The molecule has 0 amide bonds. The zero-order valence-corrected chi connectivity index (χ0v) is 14.0. The second-order valence-corrected chi connectivity index (χ2v) is 6.84. The van der Waals surface area contributed by atoms with Crippen LogP contribution in [0.5, 0.6) is 0 Å². The van der Waals surface area contributed by atoms with Gasteiger partial charge in [-0.1, -0.05) is 25.4 Å². The van der Waals surface area contributed by atoms with Crippen LogP contribution in [-0.2, 0) is 0 Å². The number of aromatic nitrogens is 3. The average molecular weight is 363 g/mol. The third-order valence-corrected chi connectivity index (χ3v) is 4.62. The Morgan fingerprint density at radius 2 is 2.17 bits per heavy atom. The van der Waals surface area contributed by atoms with E-state index < -0.39 is 30.3 Å². The summed E-state index contributed by atoms with van der Waals surface area (Å²) >= 11 is 6.02. The Labute approximate surface area is 141 Å². The van der Waals surface area contributed by atoms with Gasteiger partial charge in [0.25, 0.3) is 5.92 Å². The molecule has 0 aliphatic heterocycles. The highest BCUT2D eigenvalue weighted by molar-refractivity contribution is 6.32. The Balaban J connectivity index is 1.90. The number of nitrogens with one attached hydrogen (secondary N) is 1. The summed E-state index contributed by atoms with van der Waals surface area (Å²) in [7, 11) is 0. The molecular formula is C15H18ClF3N4O. The van der Waals surface area contributed by atoms with E-state index in [0.717, 1.165) is 0 Å². The summed E-state index contributed by atoms with van der Waals surface area (Å²) in [6.07, 6.45) is -0.749. The van der Waals surface area contributed by atoms with Gasteiger partial charge in [0, 0.05) is 12.8 Å². The molecule has 1 aliphatic carbocycles. The van der Waals surface area contributed by atoms with Gasteiger partial charge in [0.15, 0.2) is 5.82 Å². The van der Waals surface area contributed by atoms with E-state index in [0.29, 0.717) is 5.69 Å². The third kappa shape index (κ3) is 3.04. The Bertz CT molecular complexity index is 765. The molecule has 2 aromatic heterocycles. The van der Waals surface area contributed by atoms with E-state index in [1.54, 1.807) is 0 Å². The van der Waals surface area contributed by atoms with Crippen LogP contribution >= 0.6 is 11.6 Å². The monoisotopic (exact) mass is 362 g/mol. The van der Waals surface area contributed by atoms with Crippen LogP contribution < -0.4 is 5.32 Å². The Kier molecular flexibility index (Phi) is 4.37. The van der Waals surface area contributed by atoms with Crippen LogP contribution in [0.4, 0.5) is 19.1 Å². The van der Waals surface area contributed by atoms with Crippen molar-refractivity contribution in [2.24, 2.45) is 0 Å². The van der Waals surface area contributed by atoms with Crippen molar-refractivity contribution in [1.29, 1.82) is 0 Å². The predicted molar refractivity (Wildman–Crippen MR) is 84.3 cm³/mol. The smallest absolute Gasteiger partial charge is 0.250 e. The van der Waals surface area contributed by atoms with Crippen molar-refractivity contribution in [3.63, 3.8) is 0 Å². The number of aliphatic hydroxyl groups is 1. The second kappa shape index (κ2) is 6.07. The molecule has 0 radical (unpaired) electrons. The molecule has 0 aromatic carbocycles. The number of nitrogens with zero attached hydrogens (tertiary/aromatic N) is 3. The molecule has 0 unspecified atom stereocenters. The minimum absolute atomic E-state index is 0.00575. The highest BCUT2D eigenvalue weighted by atomic mass is 35.5. The predicted octanol–water partition coefficient (Wildman–Crippen LogP) is 3.61. The largest absolute Gasteiger partial charge is 0.391 e. The van der Waals surface area contributed by atoms with Crippen molar-refractivity contribution in [3.8, 4) is 0 Å². The van der Waals surface area contributed by atoms with Crippen LogP contribution in [0.1, 0.15) is 44.7 Å². The summed E-state index contributed by atoms with van der Waals surface area (Å²) in [4.78, 5) is 4.01. The first-order valence-corrected chi connectivity index (χ1v) is 8.12. The van der Waals surface area contributed by atoms with Crippen LogP contribution in [0.2, 0.25) is 5.02 Å². The first-order valence-electron chi connectivity index (χ1n) is 7.74. The molecule has 9 heteroatoms. The van der Waals surface area contributed by atoms with Crippen molar-refractivity contribution in [2.45, 2.75) is 57.1 Å². The highest BCUT2D eigenvalue weighted by Gasteiger charge is 2.41. The highest BCUT2D eigenvalue weighted by Crippen LogP contribution is 2.35. The van der Waals surface area contributed by atoms with Gasteiger partial charge in [-0.2, -0.15) is 0 Å². The van der Waals surface area contributed by atoms with Gasteiger partial charge in [-0.05, 0) is 12.3 Å². The minimum atomic E-state index is -2.86. The summed E-state index contributed by atoms with van der Waals surface area (Å²) in [6.45, 7) is 3.71. The van der Waals surface area contributed by atoms with Gasteiger partial charge in [-0.3, -0.25) is 0 Å². The normalized spacial score (nSPS) is 23.8. The number of alkyl halides is 2. The number of hydrogen-bond acceptors (Lipinski definition) is 4. The number of halogens is 4. The molecule has 1 fully saturated rings. The van der Waals surface area contributed by atoms with Crippen LogP contribution in [0.3, 0.4) is 0 Å². The van der Waals surface area contributed by atoms with E-state index in [1.807, 2.05) is 13.8 Å². The molecule has 0 saturated heterocycles. The van der Waals surface area contributed by atoms with Gasteiger partial charge in [0.05, 0.1) is 24.0 Å². The first kappa shape index (κ1) is 17.3. The Hall–Kier alpha value is -1.54. The molecule has 2 atom stereocenters. The summed E-state index contributed by atoms with van der Waals surface area (Å²) < 4.78 is 42.1. The third-order valence-electron chi connectivity index (χ3n) is 4.26. The lowest BCUT2D eigenvalue weighted by Crippen LogP contribution is -2.44. The van der Waals surface area contributed by atoms with E-state index in [1.165, 1.54) is 10.7 Å². The van der Waals surface area contributed by atoms with Gasteiger partial charge in [-0.15, -0.1) is 5.10 Å². The van der Waals surface area contributed by atoms with Crippen LogP contribution in [0.25, 0.3) is 5.52 Å². The molecule has 2 heterocycles. The fraction of sp³-hybridized carbons (Fsp3) is 0.600. The molecule has 24 heavy (non-hydrogen) atoms. The van der Waals surface area contributed by atoms with E-state index in [9.17, 15) is 18.3 Å². The number of fused-ring (bicyclic) bond motifs is 1. The number of rotatable bonds is 3. The first-order chi connectivity index (χ1) is 11.2. The maximum Gasteiger partial charge on any atom is 0.250 e. The molecule has 1 aliphatic rings.